The van der Waals surface area contributed by atoms with Crippen molar-refractivity contribution in [3.63, 3.8) is 0 Å². The number of rotatable bonds is 3. The van der Waals surface area contributed by atoms with Gasteiger partial charge in [0.2, 0.25) is 0 Å². The van der Waals surface area contributed by atoms with E-state index in [-0.39, 0.29) is 0 Å². The summed E-state index contributed by atoms with van der Waals surface area (Å²) in [5.41, 5.74) is 0. The molecule has 0 aromatic rings. The van der Waals surface area contributed by atoms with Gasteiger partial charge in [-0.15, -0.1) is 0 Å². The van der Waals surface area contributed by atoms with Crippen LogP contribution in [0.5, 0.6) is 0 Å². The van der Waals surface area contributed by atoms with Gasteiger partial charge in [0.15, 0.2) is 0 Å². The molecule has 2 N–H and O–H groups in total. The Kier molecular flexibility index (Phi) is 4.87. The Hall–Kier alpha value is -0.0800. The lowest BCUT2D eigenvalue weighted by Gasteiger charge is -2.38. The zero-order chi connectivity index (χ0) is 12.3. The third-order valence-corrected chi connectivity index (χ3v) is 5.19. The molecule has 0 aromatic carbocycles. The van der Waals surface area contributed by atoms with Crippen molar-refractivity contribution < 1.29 is 5.11 Å². The summed E-state index contributed by atoms with van der Waals surface area (Å²) in [6.45, 7) is 5.15. The molecule has 2 aliphatic rings. The average Bonchev–Trinajstić information content (AvgIpc) is 2.34. The van der Waals surface area contributed by atoms with Crippen LogP contribution in [0.4, 0.5) is 0 Å². The Morgan fingerprint density at radius 3 is 2.47 bits per heavy atom. The first kappa shape index (κ1) is 13.4. The van der Waals surface area contributed by atoms with E-state index in [1.807, 2.05) is 0 Å². The molecular formula is C15H29NO. The van der Waals surface area contributed by atoms with Gasteiger partial charge in [-0.1, -0.05) is 26.7 Å². The second-order valence-corrected chi connectivity index (χ2v) is 6.46. The standard InChI is InChI=1S/C15H29NO/c1-11-7-8-14(9-12(11)2)16-15-6-4-3-5-13(15)10-17/h11-17H,3-10H2,1-2H3. The molecule has 5 atom stereocenters. The summed E-state index contributed by atoms with van der Waals surface area (Å²) < 4.78 is 0. The predicted octanol–water partition coefficient (Wildman–Crippen LogP) is 2.95. The first-order valence-corrected chi connectivity index (χ1v) is 7.57. The zero-order valence-corrected chi connectivity index (χ0v) is 11.5. The SMILES string of the molecule is CC1CCC(NC2CCCCC2CO)CC1C. The van der Waals surface area contributed by atoms with Gasteiger partial charge < -0.3 is 10.4 Å². The van der Waals surface area contributed by atoms with Crippen molar-refractivity contribution in [2.24, 2.45) is 17.8 Å². The van der Waals surface area contributed by atoms with Crippen LogP contribution in [0.25, 0.3) is 0 Å². The molecule has 2 rings (SSSR count). The van der Waals surface area contributed by atoms with Crippen molar-refractivity contribution in [3.05, 3.63) is 0 Å². The highest BCUT2D eigenvalue weighted by molar-refractivity contribution is 4.87. The molecule has 2 heteroatoms. The van der Waals surface area contributed by atoms with Gasteiger partial charge in [-0.2, -0.15) is 0 Å². The number of hydrogen-bond donors (Lipinski definition) is 2. The van der Waals surface area contributed by atoms with Crippen LogP contribution >= 0.6 is 0 Å². The van der Waals surface area contributed by atoms with E-state index in [2.05, 4.69) is 19.2 Å². The molecule has 0 aliphatic heterocycles. The van der Waals surface area contributed by atoms with Crippen molar-refractivity contribution in [3.8, 4) is 0 Å². The quantitative estimate of drug-likeness (QED) is 0.793. The highest BCUT2D eigenvalue weighted by Crippen LogP contribution is 2.31. The fraction of sp³-hybridized carbons (Fsp3) is 1.00. The molecule has 2 fully saturated rings. The number of nitrogens with one attached hydrogen (secondary N) is 1. The molecule has 2 saturated carbocycles. The van der Waals surface area contributed by atoms with E-state index in [0.717, 1.165) is 11.8 Å². The fourth-order valence-electron chi connectivity index (χ4n) is 3.65. The van der Waals surface area contributed by atoms with Gasteiger partial charge in [0.1, 0.15) is 0 Å². The Bertz CT molecular complexity index is 231. The van der Waals surface area contributed by atoms with Gasteiger partial charge in [-0.25, -0.2) is 0 Å². The second kappa shape index (κ2) is 6.19. The first-order valence-electron chi connectivity index (χ1n) is 7.57. The Labute approximate surface area is 106 Å². The van der Waals surface area contributed by atoms with Gasteiger partial charge in [-0.05, 0) is 49.9 Å². The van der Waals surface area contributed by atoms with Crippen molar-refractivity contribution in [1.29, 1.82) is 0 Å². The number of aliphatic hydroxyl groups is 1. The molecule has 5 unspecified atom stereocenters. The Morgan fingerprint density at radius 2 is 1.76 bits per heavy atom. The summed E-state index contributed by atoms with van der Waals surface area (Å²) in [7, 11) is 0. The minimum atomic E-state index is 0.371. The van der Waals surface area contributed by atoms with Crippen molar-refractivity contribution >= 4 is 0 Å². The van der Waals surface area contributed by atoms with E-state index in [9.17, 15) is 5.11 Å². The summed E-state index contributed by atoms with van der Waals surface area (Å²) in [5, 5.41) is 13.3. The van der Waals surface area contributed by atoms with E-state index in [0.29, 0.717) is 24.6 Å². The summed E-state index contributed by atoms with van der Waals surface area (Å²) >= 11 is 0. The van der Waals surface area contributed by atoms with Crippen LogP contribution in [-0.4, -0.2) is 23.8 Å². The third kappa shape index (κ3) is 3.45. The molecule has 0 saturated heterocycles. The van der Waals surface area contributed by atoms with Crippen LogP contribution in [0, 0.1) is 17.8 Å². The predicted molar refractivity (Wildman–Crippen MR) is 71.9 cm³/mol. The highest BCUT2D eigenvalue weighted by atomic mass is 16.3. The second-order valence-electron chi connectivity index (χ2n) is 6.46. The van der Waals surface area contributed by atoms with Crippen LogP contribution in [0.2, 0.25) is 0 Å². The maximum absolute atomic E-state index is 9.44. The van der Waals surface area contributed by atoms with E-state index in [1.165, 1.54) is 44.9 Å². The zero-order valence-electron chi connectivity index (χ0n) is 11.5. The summed E-state index contributed by atoms with van der Waals surface area (Å²) in [6, 6.07) is 1.29. The normalized spacial score (nSPS) is 43.6. The molecule has 0 bridgehead atoms. The fourth-order valence-corrected chi connectivity index (χ4v) is 3.65. The molecule has 0 spiro atoms. The largest absolute Gasteiger partial charge is 0.396 e. The van der Waals surface area contributed by atoms with Gasteiger partial charge in [0.25, 0.3) is 0 Å². The van der Waals surface area contributed by atoms with E-state index in [4.69, 9.17) is 0 Å². The van der Waals surface area contributed by atoms with E-state index < -0.39 is 0 Å². The molecule has 17 heavy (non-hydrogen) atoms. The maximum Gasteiger partial charge on any atom is 0.0474 e. The van der Waals surface area contributed by atoms with Crippen LogP contribution in [0.15, 0.2) is 0 Å². The maximum atomic E-state index is 9.44. The molecule has 100 valence electrons. The van der Waals surface area contributed by atoms with Crippen molar-refractivity contribution in [2.45, 2.75) is 70.9 Å². The molecule has 2 aliphatic carbocycles. The van der Waals surface area contributed by atoms with Gasteiger partial charge in [-0.3, -0.25) is 0 Å². The van der Waals surface area contributed by atoms with Gasteiger partial charge >= 0.3 is 0 Å². The first-order chi connectivity index (χ1) is 8.20. The Balaban J connectivity index is 1.83. The molecule has 0 amide bonds. The topological polar surface area (TPSA) is 32.3 Å². The van der Waals surface area contributed by atoms with Gasteiger partial charge in [0, 0.05) is 18.7 Å². The van der Waals surface area contributed by atoms with Crippen LogP contribution in [0.1, 0.15) is 58.8 Å². The summed E-state index contributed by atoms with van der Waals surface area (Å²) in [5.74, 6) is 2.27. The lowest BCUT2D eigenvalue weighted by Crippen LogP contribution is -2.47. The van der Waals surface area contributed by atoms with Crippen LogP contribution < -0.4 is 5.32 Å². The molecule has 0 aromatic heterocycles. The van der Waals surface area contributed by atoms with Crippen molar-refractivity contribution in [1.82, 2.24) is 5.32 Å². The van der Waals surface area contributed by atoms with E-state index >= 15 is 0 Å². The van der Waals surface area contributed by atoms with Gasteiger partial charge in [0.05, 0.1) is 0 Å². The van der Waals surface area contributed by atoms with Crippen LogP contribution in [0.3, 0.4) is 0 Å². The molecular weight excluding hydrogens is 210 g/mol. The third-order valence-electron chi connectivity index (χ3n) is 5.19. The van der Waals surface area contributed by atoms with Crippen molar-refractivity contribution in [2.75, 3.05) is 6.61 Å². The minimum absolute atomic E-state index is 0.371. The van der Waals surface area contributed by atoms with E-state index in [1.54, 1.807) is 0 Å². The molecule has 0 radical (unpaired) electrons. The smallest absolute Gasteiger partial charge is 0.0474 e. The lowest BCUT2D eigenvalue weighted by atomic mass is 9.77. The Morgan fingerprint density at radius 1 is 1.00 bits per heavy atom. The lowest BCUT2D eigenvalue weighted by molar-refractivity contribution is 0.129. The summed E-state index contributed by atoms with van der Waals surface area (Å²) in [4.78, 5) is 0. The minimum Gasteiger partial charge on any atom is -0.396 e. The molecule has 2 nitrogen and oxygen atoms in total. The summed E-state index contributed by atoms with van der Waals surface area (Å²) in [6.07, 6.45) is 9.16. The number of aliphatic hydroxyl groups excluding tert-OH is 1. The molecule has 0 heterocycles. The average molecular weight is 239 g/mol. The monoisotopic (exact) mass is 239 g/mol. The highest BCUT2D eigenvalue weighted by Gasteiger charge is 2.30. The number of hydrogen-bond acceptors (Lipinski definition) is 2. The van der Waals surface area contributed by atoms with Crippen LogP contribution in [-0.2, 0) is 0 Å².